The number of carbonyl (C=O) groups is 1. The molecule has 1 aromatic carbocycles. The van der Waals surface area contributed by atoms with Gasteiger partial charge >= 0.3 is 0 Å². The zero-order valence-corrected chi connectivity index (χ0v) is 13.9. The van der Waals surface area contributed by atoms with Crippen LogP contribution in [-0.4, -0.2) is 33.2 Å². The Hall–Kier alpha value is -2.61. The predicted octanol–water partition coefficient (Wildman–Crippen LogP) is 3.13. The van der Waals surface area contributed by atoms with Crippen molar-refractivity contribution in [2.24, 2.45) is 7.05 Å². The van der Waals surface area contributed by atoms with Gasteiger partial charge in [-0.05, 0) is 30.0 Å². The van der Waals surface area contributed by atoms with Gasteiger partial charge in [0.2, 0.25) is 5.50 Å². The van der Waals surface area contributed by atoms with Crippen LogP contribution in [0.25, 0.3) is 11.4 Å². The van der Waals surface area contributed by atoms with Crippen molar-refractivity contribution in [2.75, 3.05) is 11.9 Å². The van der Waals surface area contributed by atoms with Gasteiger partial charge in [0.15, 0.2) is 11.0 Å². The number of hydrogen-bond donors (Lipinski definition) is 0. The number of halogens is 1. The summed E-state index contributed by atoms with van der Waals surface area (Å²) < 4.78 is 21.1. The summed E-state index contributed by atoms with van der Waals surface area (Å²) in [5.74, 6) is -0.110. The van der Waals surface area contributed by atoms with Crippen LogP contribution in [0.2, 0.25) is 0 Å². The van der Waals surface area contributed by atoms with Gasteiger partial charge in [-0.3, -0.25) is 4.79 Å². The van der Waals surface area contributed by atoms with Gasteiger partial charge in [-0.1, -0.05) is 18.2 Å². The van der Waals surface area contributed by atoms with E-state index < -0.39 is 11.4 Å². The number of furan rings is 1. The third-order valence-electron chi connectivity index (χ3n) is 3.49. The van der Waals surface area contributed by atoms with Gasteiger partial charge in [-0.15, -0.1) is 10.2 Å². The van der Waals surface area contributed by atoms with E-state index in [2.05, 4.69) is 10.2 Å². The molecule has 3 aromatic rings. The number of anilines is 1. The molecule has 3 rings (SSSR count). The van der Waals surface area contributed by atoms with Gasteiger partial charge in [-0.25, -0.2) is 4.39 Å². The van der Waals surface area contributed by atoms with E-state index in [0.717, 1.165) is 17.3 Å². The van der Waals surface area contributed by atoms with Crippen LogP contribution in [0.5, 0.6) is 0 Å². The van der Waals surface area contributed by atoms with Gasteiger partial charge in [0.1, 0.15) is 6.26 Å². The maximum Gasteiger partial charge on any atom is 0.272 e. The molecule has 8 heteroatoms. The van der Waals surface area contributed by atoms with E-state index in [0.29, 0.717) is 16.7 Å². The van der Waals surface area contributed by atoms with Crippen LogP contribution < -0.4 is 4.90 Å². The quantitative estimate of drug-likeness (QED) is 0.664. The fraction of sp³-hybridized carbons (Fsp3) is 0.188. The van der Waals surface area contributed by atoms with Gasteiger partial charge < -0.3 is 13.9 Å². The Morgan fingerprint density at radius 2 is 2.04 bits per heavy atom. The number of benzene rings is 1. The number of rotatable bonds is 5. The fourth-order valence-corrected chi connectivity index (χ4v) is 2.91. The molecule has 1 unspecified atom stereocenters. The molecule has 0 aliphatic heterocycles. The van der Waals surface area contributed by atoms with E-state index in [1.807, 2.05) is 6.07 Å². The van der Waals surface area contributed by atoms with Gasteiger partial charge in [0, 0.05) is 19.8 Å². The molecular formula is C16H15FN4O2S. The highest BCUT2D eigenvalue weighted by Crippen LogP contribution is 2.28. The highest BCUT2D eigenvalue weighted by atomic mass is 32.2. The first-order valence-corrected chi connectivity index (χ1v) is 8.01. The molecule has 0 N–H and O–H groups in total. The van der Waals surface area contributed by atoms with E-state index in [-0.39, 0.29) is 0 Å². The van der Waals surface area contributed by atoms with Crippen LogP contribution in [0.1, 0.15) is 0 Å². The minimum atomic E-state index is -1.78. The molecule has 0 bridgehead atoms. The number of para-hydroxylation sites is 1. The number of alkyl halides is 1. The van der Waals surface area contributed by atoms with Crippen LogP contribution in [0.15, 0.2) is 58.5 Å². The summed E-state index contributed by atoms with van der Waals surface area (Å²) in [7, 11) is 3.25. The average Bonchev–Trinajstić information content (AvgIpc) is 3.25. The number of nitrogens with zero attached hydrogens (tertiary/aromatic N) is 4. The van der Waals surface area contributed by atoms with Crippen molar-refractivity contribution in [1.82, 2.24) is 14.8 Å². The van der Waals surface area contributed by atoms with Crippen LogP contribution >= 0.6 is 11.8 Å². The average molecular weight is 346 g/mol. The lowest BCUT2D eigenvalue weighted by atomic mass is 10.3. The van der Waals surface area contributed by atoms with Crippen LogP contribution in [0.3, 0.4) is 0 Å². The van der Waals surface area contributed by atoms with Crippen molar-refractivity contribution in [3.63, 3.8) is 0 Å². The van der Waals surface area contributed by atoms with Gasteiger partial charge in [-0.2, -0.15) is 0 Å². The van der Waals surface area contributed by atoms with Crippen molar-refractivity contribution in [1.29, 1.82) is 0 Å². The first kappa shape index (κ1) is 16.3. The van der Waals surface area contributed by atoms with E-state index >= 15 is 0 Å². The number of aromatic nitrogens is 3. The summed E-state index contributed by atoms with van der Waals surface area (Å²) in [6, 6.07) is 10.6. The standard InChI is InChI=1S/C16H15FN4O2S/c1-20(12-6-4-3-5-7-12)15(22)13(17)24-16-19-18-14(21(16)2)11-8-9-23-10-11/h3-10,13H,1-2H3. The maximum absolute atomic E-state index is 14.4. The summed E-state index contributed by atoms with van der Waals surface area (Å²) in [5, 5.41) is 8.28. The monoisotopic (exact) mass is 346 g/mol. The van der Waals surface area contributed by atoms with E-state index in [1.165, 1.54) is 17.4 Å². The summed E-state index contributed by atoms with van der Waals surface area (Å²) >= 11 is 0.720. The van der Waals surface area contributed by atoms with Gasteiger partial charge in [0.05, 0.1) is 11.8 Å². The second-order valence-electron chi connectivity index (χ2n) is 5.04. The zero-order chi connectivity index (χ0) is 17.1. The van der Waals surface area contributed by atoms with E-state index in [4.69, 9.17) is 4.42 Å². The molecule has 0 saturated carbocycles. The topological polar surface area (TPSA) is 64.2 Å². The number of hydrogen-bond acceptors (Lipinski definition) is 5. The first-order valence-electron chi connectivity index (χ1n) is 7.13. The van der Waals surface area contributed by atoms with Crippen LogP contribution in [0, 0.1) is 0 Å². The Labute approximate surface area is 142 Å². The summed E-state index contributed by atoms with van der Waals surface area (Å²) in [5.41, 5.74) is -0.418. The molecule has 6 nitrogen and oxygen atoms in total. The normalized spacial score (nSPS) is 12.1. The molecule has 2 heterocycles. The fourth-order valence-electron chi connectivity index (χ4n) is 2.13. The lowest BCUT2D eigenvalue weighted by molar-refractivity contribution is -0.120. The molecule has 1 amide bonds. The molecule has 0 radical (unpaired) electrons. The van der Waals surface area contributed by atoms with Crippen molar-refractivity contribution in [3.8, 4) is 11.4 Å². The van der Waals surface area contributed by atoms with E-state index in [1.54, 1.807) is 49.0 Å². The molecule has 1 atom stereocenters. The molecule has 24 heavy (non-hydrogen) atoms. The summed E-state index contributed by atoms with van der Waals surface area (Å²) in [6.07, 6.45) is 3.05. The Morgan fingerprint density at radius 3 is 2.71 bits per heavy atom. The zero-order valence-electron chi connectivity index (χ0n) is 13.1. The smallest absolute Gasteiger partial charge is 0.272 e. The molecule has 0 aliphatic rings. The number of thioether (sulfide) groups is 1. The third-order valence-corrected chi connectivity index (χ3v) is 4.47. The predicted molar refractivity (Wildman–Crippen MR) is 89.3 cm³/mol. The molecular weight excluding hydrogens is 331 g/mol. The molecule has 124 valence electrons. The SMILES string of the molecule is CN(C(=O)C(F)Sc1nnc(-c2ccoc2)n1C)c1ccccc1. The summed E-state index contributed by atoms with van der Waals surface area (Å²) in [4.78, 5) is 13.5. The summed E-state index contributed by atoms with van der Waals surface area (Å²) in [6.45, 7) is 0. The Balaban J connectivity index is 1.73. The molecule has 2 aromatic heterocycles. The molecule has 0 fully saturated rings. The van der Waals surface area contributed by atoms with E-state index in [9.17, 15) is 9.18 Å². The highest BCUT2D eigenvalue weighted by Gasteiger charge is 2.26. The second kappa shape index (κ2) is 6.88. The Kier molecular flexibility index (Phi) is 4.66. The minimum Gasteiger partial charge on any atom is -0.472 e. The number of carbonyl (C=O) groups excluding carboxylic acids is 1. The third kappa shape index (κ3) is 3.18. The van der Waals surface area contributed by atoms with Crippen molar-refractivity contribution in [3.05, 3.63) is 48.9 Å². The minimum absolute atomic E-state index is 0.313. The maximum atomic E-state index is 14.4. The lowest BCUT2D eigenvalue weighted by Gasteiger charge is -2.18. The Bertz CT molecular complexity index is 820. The second-order valence-corrected chi connectivity index (χ2v) is 6.06. The van der Waals surface area contributed by atoms with Crippen molar-refractivity contribution >= 4 is 23.4 Å². The highest BCUT2D eigenvalue weighted by molar-refractivity contribution is 8.00. The number of amides is 1. The van der Waals surface area contributed by atoms with Crippen LogP contribution in [0.4, 0.5) is 10.1 Å². The molecule has 0 saturated heterocycles. The Morgan fingerprint density at radius 1 is 1.29 bits per heavy atom. The van der Waals surface area contributed by atoms with Crippen molar-refractivity contribution < 1.29 is 13.6 Å². The molecule has 0 spiro atoms. The first-order chi connectivity index (χ1) is 11.6. The van der Waals surface area contributed by atoms with Crippen LogP contribution in [-0.2, 0) is 11.8 Å². The lowest BCUT2D eigenvalue weighted by Crippen LogP contribution is -2.32. The molecule has 0 aliphatic carbocycles. The van der Waals surface area contributed by atoms with Crippen molar-refractivity contribution in [2.45, 2.75) is 10.7 Å². The van der Waals surface area contributed by atoms with Gasteiger partial charge in [0.25, 0.3) is 5.91 Å². The largest absolute Gasteiger partial charge is 0.472 e.